The van der Waals surface area contributed by atoms with Crippen LogP contribution in [0.1, 0.15) is 64.2 Å². The summed E-state index contributed by atoms with van der Waals surface area (Å²) in [5, 5.41) is 8.76. The van der Waals surface area contributed by atoms with Gasteiger partial charge < -0.3 is 14.1 Å². The fourth-order valence-corrected chi connectivity index (χ4v) is 3.63. The van der Waals surface area contributed by atoms with E-state index in [4.69, 9.17) is 5.11 Å². The normalized spacial score (nSPS) is 13.9. The number of carboxylic acids is 1. The second-order valence-electron chi connectivity index (χ2n) is 8.71. The minimum Gasteiger partial charge on any atom is -0.481 e. The van der Waals surface area contributed by atoms with Crippen LogP contribution in [0.3, 0.4) is 0 Å². The molecular weight excluding hydrogens is 415 g/mol. The van der Waals surface area contributed by atoms with E-state index in [0.29, 0.717) is 10.5 Å². The van der Waals surface area contributed by atoms with Gasteiger partial charge in [0.2, 0.25) is 0 Å². The zero-order chi connectivity index (χ0) is 18.6. The molecule has 5 heteroatoms. The van der Waals surface area contributed by atoms with Crippen LogP contribution < -0.4 is 0 Å². The fraction of sp³-hybridized carbons (Fsp3) is 0.947. The number of rotatable bonds is 15. The Hall–Kier alpha value is 0.120. The summed E-state index contributed by atoms with van der Waals surface area (Å²) in [4.78, 5) is 10.6. The predicted octanol–water partition coefficient (Wildman–Crippen LogP) is 4.52. The molecule has 0 saturated carbocycles. The predicted molar refractivity (Wildman–Crippen MR) is 111 cm³/mol. The van der Waals surface area contributed by atoms with Crippen LogP contribution in [0.4, 0.5) is 0 Å². The number of carboxylic acid groups (broad SMARTS) is 1. The SMILES string of the molecule is C[N+](C)(C)CCCCCCCCCC(I)[N+](C)(C)CCCC(=O)O. The molecule has 0 aliphatic carbocycles. The number of alkyl halides is 1. The molecule has 0 aromatic rings. The molecule has 0 radical (unpaired) electrons. The van der Waals surface area contributed by atoms with Crippen molar-refractivity contribution in [2.24, 2.45) is 0 Å². The summed E-state index contributed by atoms with van der Waals surface area (Å²) < 4.78 is 2.59. The van der Waals surface area contributed by atoms with Crippen LogP contribution in [0.2, 0.25) is 0 Å². The molecule has 1 atom stereocenters. The zero-order valence-corrected chi connectivity index (χ0v) is 18.8. The van der Waals surface area contributed by atoms with Crippen LogP contribution in [0.15, 0.2) is 0 Å². The van der Waals surface area contributed by atoms with Gasteiger partial charge in [-0.3, -0.25) is 4.79 Å². The third-order valence-corrected chi connectivity index (χ3v) is 6.79. The summed E-state index contributed by atoms with van der Waals surface area (Å²) in [6.07, 6.45) is 11.8. The molecular formula is C19H41IN2O2+2. The highest BCUT2D eigenvalue weighted by molar-refractivity contribution is 14.1. The average Bonchev–Trinajstić information content (AvgIpc) is 2.43. The van der Waals surface area contributed by atoms with Crippen molar-refractivity contribution in [3.05, 3.63) is 0 Å². The molecule has 144 valence electrons. The fourth-order valence-electron chi connectivity index (χ4n) is 2.91. The first-order valence-electron chi connectivity index (χ1n) is 9.53. The topological polar surface area (TPSA) is 37.3 Å². The van der Waals surface area contributed by atoms with Gasteiger partial charge in [0.1, 0.15) is 4.05 Å². The highest BCUT2D eigenvalue weighted by atomic mass is 127. The van der Waals surface area contributed by atoms with E-state index in [1.54, 1.807) is 0 Å². The van der Waals surface area contributed by atoms with Gasteiger partial charge in [-0.25, -0.2) is 0 Å². The summed E-state index contributed by atoms with van der Waals surface area (Å²) >= 11 is 2.55. The Morgan fingerprint density at radius 3 is 1.83 bits per heavy atom. The molecule has 1 unspecified atom stereocenters. The molecule has 0 rings (SSSR count). The standard InChI is InChI=1S/C19H40IN2O2/c1-21(2,3)16-12-10-8-6-7-9-11-14-18(20)22(4,5)17-13-15-19(23)24/h18H,6-17H2,1-5H3/q+1/p+1. The molecule has 0 heterocycles. The third-order valence-electron chi connectivity index (χ3n) is 4.65. The Balaban J connectivity index is 3.60. The average molecular weight is 456 g/mol. The molecule has 0 spiro atoms. The summed E-state index contributed by atoms with van der Waals surface area (Å²) in [5.74, 6) is -0.679. The van der Waals surface area contributed by atoms with Crippen LogP contribution in [0, 0.1) is 0 Å². The van der Waals surface area contributed by atoms with E-state index in [-0.39, 0.29) is 0 Å². The number of quaternary nitrogens is 2. The van der Waals surface area contributed by atoms with Crippen LogP contribution in [0.25, 0.3) is 0 Å². The van der Waals surface area contributed by atoms with Crippen molar-refractivity contribution in [3.63, 3.8) is 0 Å². The van der Waals surface area contributed by atoms with E-state index in [1.807, 2.05) is 0 Å². The number of halogens is 1. The van der Waals surface area contributed by atoms with E-state index in [2.05, 4.69) is 57.8 Å². The van der Waals surface area contributed by atoms with Crippen molar-refractivity contribution < 1.29 is 18.9 Å². The molecule has 0 bridgehead atoms. The van der Waals surface area contributed by atoms with Gasteiger partial charge in [0.05, 0.1) is 54.7 Å². The lowest BCUT2D eigenvalue weighted by Crippen LogP contribution is -2.46. The zero-order valence-electron chi connectivity index (χ0n) is 16.7. The second kappa shape index (κ2) is 12.5. The van der Waals surface area contributed by atoms with Crippen molar-refractivity contribution in [2.75, 3.05) is 48.3 Å². The maximum Gasteiger partial charge on any atom is 0.303 e. The number of hydrogen-bond donors (Lipinski definition) is 1. The van der Waals surface area contributed by atoms with Gasteiger partial charge in [-0.15, -0.1) is 0 Å². The molecule has 24 heavy (non-hydrogen) atoms. The molecule has 0 aromatic carbocycles. The number of nitrogens with zero attached hydrogens (tertiary/aromatic N) is 2. The number of aliphatic carboxylic acids is 1. The van der Waals surface area contributed by atoms with E-state index in [1.165, 1.54) is 57.9 Å². The van der Waals surface area contributed by atoms with Crippen LogP contribution in [-0.2, 0) is 4.79 Å². The molecule has 0 aliphatic rings. The molecule has 0 aliphatic heterocycles. The van der Waals surface area contributed by atoms with E-state index < -0.39 is 5.97 Å². The lowest BCUT2D eigenvalue weighted by atomic mass is 10.1. The second-order valence-corrected chi connectivity index (χ2v) is 10.1. The summed E-state index contributed by atoms with van der Waals surface area (Å²) in [5.41, 5.74) is 0. The quantitative estimate of drug-likeness (QED) is 0.129. The minimum absolute atomic E-state index is 0.291. The van der Waals surface area contributed by atoms with Crippen LogP contribution >= 0.6 is 22.6 Å². The van der Waals surface area contributed by atoms with Gasteiger partial charge in [0.25, 0.3) is 0 Å². The number of unbranched alkanes of at least 4 members (excludes halogenated alkanes) is 6. The Morgan fingerprint density at radius 1 is 0.833 bits per heavy atom. The highest BCUT2D eigenvalue weighted by Gasteiger charge is 2.24. The minimum atomic E-state index is -0.679. The Morgan fingerprint density at radius 2 is 1.33 bits per heavy atom. The summed E-state index contributed by atoms with van der Waals surface area (Å²) in [7, 11) is 11.3. The lowest BCUT2D eigenvalue weighted by molar-refractivity contribution is -0.896. The maximum absolute atomic E-state index is 10.6. The smallest absolute Gasteiger partial charge is 0.303 e. The number of hydrogen-bond acceptors (Lipinski definition) is 1. The van der Waals surface area contributed by atoms with E-state index in [9.17, 15) is 4.79 Å². The molecule has 0 aromatic heterocycles. The van der Waals surface area contributed by atoms with Crippen LogP contribution in [0.5, 0.6) is 0 Å². The lowest BCUT2D eigenvalue weighted by Gasteiger charge is -2.35. The Kier molecular flexibility index (Phi) is 12.5. The third kappa shape index (κ3) is 14.5. The van der Waals surface area contributed by atoms with Crippen LogP contribution in [-0.4, -0.2) is 72.4 Å². The van der Waals surface area contributed by atoms with Gasteiger partial charge in [-0.1, -0.05) is 25.7 Å². The van der Waals surface area contributed by atoms with Gasteiger partial charge in [-0.05, 0) is 41.9 Å². The molecule has 1 N–H and O–H groups in total. The summed E-state index contributed by atoms with van der Waals surface area (Å²) in [6, 6.07) is 0. The largest absolute Gasteiger partial charge is 0.481 e. The monoisotopic (exact) mass is 456 g/mol. The Labute approximate surface area is 163 Å². The van der Waals surface area contributed by atoms with Crippen molar-refractivity contribution in [1.29, 1.82) is 0 Å². The Bertz CT molecular complexity index is 341. The van der Waals surface area contributed by atoms with Gasteiger partial charge in [-0.2, -0.15) is 0 Å². The van der Waals surface area contributed by atoms with Crippen molar-refractivity contribution in [1.82, 2.24) is 0 Å². The van der Waals surface area contributed by atoms with E-state index in [0.717, 1.165) is 21.9 Å². The first-order chi connectivity index (χ1) is 11.0. The first kappa shape index (κ1) is 24.1. The van der Waals surface area contributed by atoms with Gasteiger partial charge in [0, 0.05) is 12.8 Å². The number of carbonyl (C=O) groups is 1. The van der Waals surface area contributed by atoms with E-state index >= 15 is 0 Å². The molecule has 0 fully saturated rings. The first-order valence-corrected chi connectivity index (χ1v) is 10.8. The van der Waals surface area contributed by atoms with Crippen molar-refractivity contribution >= 4 is 28.6 Å². The van der Waals surface area contributed by atoms with Gasteiger partial charge >= 0.3 is 5.97 Å². The molecule has 0 saturated heterocycles. The molecule has 0 amide bonds. The van der Waals surface area contributed by atoms with Crippen molar-refractivity contribution in [3.8, 4) is 0 Å². The highest BCUT2D eigenvalue weighted by Crippen LogP contribution is 2.22. The molecule has 4 nitrogen and oxygen atoms in total. The van der Waals surface area contributed by atoms with Crippen molar-refractivity contribution in [2.45, 2.75) is 68.3 Å². The summed E-state index contributed by atoms with van der Waals surface area (Å²) in [6.45, 7) is 2.23. The maximum atomic E-state index is 10.6. The van der Waals surface area contributed by atoms with Gasteiger partial charge in [0.15, 0.2) is 0 Å².